The van der Waals surface area contributed by atoms with Gasteiger partial charge >= 0.3 is 5.97 Å². The number of carbonyl (C=O) groups excluding carboxylic acids is 1. The van der Waals surface area contributed by atoms with E-state index in [0.717, 1.165) is 12.1 Å². The van der Waals surface area contributed by atoms with Gasteiger partial charge in [-0.25, -0.2) is 0 Å². The molecule has 1 aromatic heterocycles. The number of aromatic nitrogens is 2. The number of nitrogens with zero attached hydrogens (tertiary/aromatic N) is 2. The van der Waals surface area contributed by atoms with Crippen LogP contribution in [0.4, 0.5) is 0 Å². The third-order valence-electron chi connectivity index (χ3n) is 2.10. The molecule has 14 heavy (non-hydrogen) atoms. The largest absolute Gasteiger partial charge is 0.469 e. The van der Waals surface area contributed by atoms with Crippen LogP contribution in [0.5, 0.6) is 0 Å². The second-order valence-electron chi connectivity index (χ2n) is 2.94. The number of esters is 1. The highest BCUT2D eigenvalue weighted by Crippen LogP contribution is 2.14. The Hall–Kier alpha value is -1.36. The third kappa shape index (κ3) is 2.11. The molecule has 0 fully saturated rings. The molecule has 0 bridgehead atoms. The van der Waals surface area contributed by atoms with Crippen molar-refractivity contribution in [2.24, 2.45) is 5.73 Å². The molecule has 1 atom stereocenters. The molecule has 1 aromatic rings. The fourth-order valence-corrected chi connectivity index (χ4v) is 1.24. The number of hydrogen-bond donors (Lipinski definition) is 1. The van der Waals surface area contributed by atoms with Crippen LogP contribution in [0.2, 0.25) is 0 Å². The summed E-state index contributed by atoms with van der Waals surface area (Å²) in [6, 6.07) is 0. The number of nitrogens with two attached hydrogens (primary N) is 1. The molecule has 1 rings (SSSR count). The molecule has 0 aliphatic rings. The van der Waals surface area contributed by atoms with E-state index in [-0.39, 0.29) is 12.5 Å². The molecule has 0 saturated heterocycles. The zero-order valence-corrected chi connectivity index (χ0v) is 8.43. The minimum Gasteiger partial charge on any atom is -0.469 e. The van der Waals surface area contributed by atoms with Gasteiger partial charge < -0.3 is 10.5 Å². The first-order valence-electron chi connectivity index (χ1n) is 4.53. The Morgan fingerprint density at radius 2 is 2.50 bits per heavy atom. The highest BCUT2D eigenvalue weighted by atomic mass is 16.5. The maximum Gasteiger partial charge on any atom is 0.314 e. The molecule has 0 radical (unpaired) electrons. The molecule has 5 nitrogen and oxygen atoms in total. The van der Waals surface area contributed by atoms with Crippen molar-refractivity contribution < 1.29 is 9.53 Å². The van der Waals surface area contributed by atoms with E-state index >= 15 is 0 Å². The molecule has 0 aliphatic carbocycles. The van der Waals surface area contributed by atoms with Crippen molar-refractivity contribution in [2.45, 2.75) is 19.4 Å². The molecule has 0 amide bonds. The third-order valence-corrected chi connectivity index (χ3v) is 2.10. The van der Waals surface area contributed by atoms with Gasteiger partial charge in [-0.1, -0.05) is 0 Å². The number of carbonyl (C=O) groups is 1. The van der Waals surface area contributed by atoms with Gasteiger partial charge in [0.2, 0.25) is 0 Å². The van der Waals surface area contributed by atoms with Crippen molar-refractivity contribution in [2.75, 3.05) is 13.7 Å². The SMILES string of the molecule is CCn1cc(C(CN)C(=O)OC)cn1. The van der Waals surface area contributed by atoms with Crippen LogP contribution >= 0.6 is 0 Å². The first-order chi connectivity index (χ1) is 6.72. The van der Waals surface area contributed by atoms with E-state index in [1.165, 1.54) is 7.11 Å². The number of rotatable bonds is 4. The van der Waals surface area contributed by atoms with Crippen LogP contribution in [0.1, 0.15) is 18.4 Å². The molecule has 0 saturated carbocycles. The number of aryl methyl sites for hydroxylation is 1. The predicted molar refractivity (Wildman–Crippen MR) is 51.7 cm³/mol. The van der Waals surface area contributed by atoms with E-state index in [9.17, 15) is 4.79 Å². The summed E-state index contributed by atoms with van der Waals surface area (Å²) in [5.74, 6) is -0.719. The van der Waals surface area contributed by atoms with Crippen molar-refractivity contribution in [1.82, 2.24) is 9.78 Å². The molecule has 1 unspecified atom stereocenters. The second kappa shape index (κ2) is 4.76. The van der Waals surface area contributed by atoms with Gasteiger partial charge in [0, 0.05) is 24.8 Å². The Bertz CT molecular complexity index is 309. The summed E-state index contributed by atoms with van der Waals surface area (Å²) in [4.78, 5) is 11.3. The molecular formula is C9H15N3O2. The van der Waals surface area contributed by atoms with Crippen molar-refractivity contribution in [3.63, 3.8) is 0 Å². The van der Waals surface area contributed by atoms with Crippen LogP contribution in [0, 0.1) is 0 Å². The van der Waals surface area contributed by atoms with Gasteiger partial charge in [-0.3, -0.25) is 9.48 Å². The standard InChI is InChI=1S/C9H15N3O2/c1-3-12-6-7(5-11-12)8(4-10)9(13)14-2/h5-6,8H,3-4,10H2,1-2H3. The fraction of sp³-hybridized carbons (Fsp3) is 0.556. The first kappa shape index (κ1) is 10.7. The van der Waals surface area contributed by atoms with Gasteiger partial charge in [0.1, 0.15) is 0 Å². The molecule has 1 heterocycles. The van der Waals surface area contributed by atoms with Crippen LogP contribution in [0.25, 0.3) is 0 Å². The van der Waals surface area contributed by atoms with E-state index in [1.807, 2.05) is 13.1 Å². The summed E-state index contributed by atoms with van der Waals surface area (Å²) in [7, 11) is 1.36. The quantitative estimate of drug-likeness (QED) is 0.696. The Kier molecular flexibility index (Phi) is 3.64. The lowest BCUT2D eigenvalue weighted by molar-refractivity contribution is -0.142. The molecule has 0 aliphatic heterocycles. The molecular weight excluding hydrogens is 182 g/mol. The van der Waals surface area contributed by atoms with Gasteiger partial charge in [-0.15, -0.1) is 0 Å². The van der Waals surface area contributed by atoms with Crippen molar-refractivity contribution in [1.29, 1.82) is 0 Å². The van der Waals surface area contributed by atoms with Crippen molar-refractivity contribution in [3.8, 4) is 0 Å². The lowest BCUT2D eigenvalue weighted by atomic mass is 10.0. The Balaban J connectivity index is 2.83. The minimum atomic E-state index is -0.403. The van der Waals surface area contributed by atoms with Gasteiger partial charge in [0.25, 0.3) is 0 Å². The Labute approximate surface area is 82.8 Å². The van der Waals surface area contributed by atoms with Crippen LogP contribution < -0.4 is 5.73 Å². The average molecular weight is 197 g/mol. The Morgan fingerprint density at radius 1 is 1.79 bits per heavy atom. The first-order valence-corrected chi connectivity index (χ1v) is 4.53. The zero-order valence-electron chi connectivity index (χ0n) is 8.43. The normalized spacial score (nSPS) is 12.5. The van der Waals surface area contributed by atoms with Gasteiger partial charge in [0.15, 0.2) is 0 Å². The van der Waals surface area contributed by atoms with E-state index in [0.29, 0.717) is 0 Å². The van der Waals surface area contributed by atoms with Crippen molar-refractivity contribution >= 4 is 5.97 Å². The monoisotopic (exact) mass is 197 g/mol. The maximum absolute atomic E-state index is 11.3. The fourth-order valence-electron chi connectivity index (χ4n) is 1.24. The van der Waals surface area contributed by atoms with E-state index in [1.54, 1.807) is 10.9 Å². The van der Waals surface area contributed by atoms with Crippen LogP contribution in [-0.4, -0.2) is 29.4 Å². The molecule has 0 spiro atoms. The number of ether oxygens (including phenoxy) is 1. The van der Waals surface area contributed by atoms with Crippen LogP contribution in [-0.2, 0) is 16.1 Å². The van der Waals surface area contributed by atoms with Gasteiger partial charge in [-0.05, 0) is 6.92 Å². The summed E-state index contributed by atoms with van der Waals surface area (Å²) in [5.41, 5.74) is 6.30. The molecule has 2 N–H and O–H groups in total. The van der Waals surface area contributed by atoms with E-state index in [4.69, 9.17) is 5.73 Å². The highest BCUT2D eigenvalue weighted by Gasteiger charge is 2.20. The molecule has 0 aromatic carbocycles. The number of hydrogen-bond acceptors (Lipinski definition) is 4. The lowest BCUT2D eigenvalue weighted by Gasteiger charge is -2.09. The van der Waals surface area contributed by atoms with Gasteiger partial charge in [-0.2, -0.15) is 5.10 Å². The average Bonchev–Trinajstić information content (AvgIpc) is 2.67. The van der Waals surface area contributed by atoms with Crippen LogP contribution in [0.3, 0.4) is 0 Å². The zero-order chi connectivity index (χ0) is 10.6. The summed E-state index contributed by atoms with van der Waals surface area (Å²) in [6.07, 6.45) is 3.46. The smallest absolute Gasteiger partial charge is 0.314 e. The number of methoxy groups -OCH3 is 1. The molecule has 5 heteroatoms. The lowest BCUT2D eigenvalue weighted by Crippen LogP contribution is -2.22. The van der Waals surface area contributed by atoms with E-state index < -0.39 is 5.92 Å². The second-order valence-corrected chi connectivity index (χ2v) is 2.94. The maximum atomic E-state index is 11.3. The Morgan fingerprint density at radius 3 is 2.93 bits per heavy atom. The topological polar surface area (TPSA) is 70.1 Å². The summed E-state index contributed by atoms with van der Waals surface area (Å²) in [6.45, 7) is 2.99. The van der Waals surface area contributed by atoms with Crippen LogP contribution in [0.15, 0.2) is 12.4 Å². The molecule has 78 valence electrons. The summed E-state index contributed by atoms with van der Waals surface area (Å²) in [5, 5.41) is 4.07. The summed E-state index contributed by atoms with van der Waals surface area (Å²) < 4.78 is 6.40. The predicted octanol–water partition coefficient (Wildman–Crippen LogP) is 0.118. The highest BCUT2D eigenvalue weighted by molar-refractivity contribution is 5.78. The van der Waals surface area contributed by atoms with Gasteiger partial charge in [0.05, 0.1) is 19.2 Å². The summed E-state index contributed by atoms with van der Waals surface area (Å²) >= 11 is 0. The minimum absolute atomic E-state index is 0.238. The van der Waals surface area contributed by atoms with E-state index in [2.05, 4.69) is 9.84 Å². The van der Waals surface area contributed by atoms with Crippen molar-refractivity contribution in [3.05, 3.63) is 18.0 Å².